The smallest absolute Gasteiger partial charge is 0.321 e. The van der Waals surface area contributed by atoms with Crippen LogP contribution in [0, 0.1) is 5.41 Å². The molecule has 19 heavy (non-hydrogen) atoms. The van der Waals surface area contributed by atoms with E-state index in [0.29, 0.717) is 17.9 Å². The van der Waals surface area contributed by atoms with Crippen LogP contribution in [0.15, 0.2) is 24.3 Å². The Kier molecular flexibility index (Phi) is 5.36. The summed E-state index contributed by atoms with van der Waals surface area (Å²) in [5.74, 6) is -2.53. The van der Waals surface area contributed by atoms with Crippen LogP contribution in [0.1, 0.15) is 31.7 Å². The van der Waals surface area contributed by atoms with Crippen molar-refractivity contribution in [2.75, 3.05) is 0 Å². The van der Waals surface area contributed by atoms with Crippen LogP contribution in [0.5, 0.6) is 0 Å². The molecule has 1 rings (SSSR count). The first-order valence-corrected chi connectivity index (χ1v) is 6.51. The highest BCUT2D eigenvalue weighted by molar-refractivity contribution is 6.30. The van der Waals surface area contributed by atoms with E-state index in [-0.39, 0.29) is 12.8 Å². The predicted octanol–water partition coefficient (Wildman–Crippen LogP) is 3.23. The molecule has 0 unspecified atom stereocenters. The van der Waals surface area contributed by atoms with Crippen LogP contribution in [0.25, 0.3) is 0 Å². The van der Waals surface area contributed by atoms with Gasteiger partial charge in [-0.1, -0.05) is 30.7 Å². The Labute approximate surface area is 117 Å². The zero-order chi connectivity index (χ0) is 14.5. The average molecular weight is 285 g/mol. The molecule has 0 saturated heterocycles. The van der Waals surface area contributed by atoms with Crippen molar-refractivity contribution in [2.24, 2.45) is 5.41 Å². The lowest BCUT2D eigenvalue weighted by atomic mass is 9.80. The second-order valence-electron chi connectivity index (χ2n) is 4.53. The van der Waals surface area contributed by atoms with Gasteiger partial charge in [-0.25, -0.2) is 0 Å². The van der Waals surface area contributed by atoms with Crippen molar-refractivity contribution in [1.82, 2.24) is 0 Å². The van der Waals surface area contributed by atoms with Crippen LogP contribution >= 0.6 is 11.6 Å². The van der Waals surface area contributed by atoms with Gasteiger partial charge in [0, 0.05) is 5.02 Å². The third-order valence-electron chi connectivity index (χ3n) is 3.40. The number of hydrogen-bond acceptors (Lipinski definition) is 2. The van der Waals surface area contributed by atoms with Crippen LogP contribution in [0.2, 0.25) is 5.02 Å². The Morgan fingerprint density at radius 3 is 2.11 bits per heavy atom. The zero-order valence-corrected chi connectivity index (χ0v) is 11.5. The van der Waals surface area contributed by atoms with Crippen LogP contribution in [-0.4, -0.2) is 22.2 Å². The highest BCUT2D eigenvalue weighted by Crippen LogP contribution is 2.30. The quantitative estimate of drug-likeness (QED) is 0.754. The van der Waals surface area contributed by atoms with Crippen LogP contribution < -0.4 is 0 Å². The van der Waals surface area contributed by atoms with Crippen LogP contribution in [0.3, 0.4) is 0 Å². The fraction of sp³-hybridized carbons (Fsp3) is 0.429. The summed E-state index contributed by atoms with van der Waals surface area (Å²) in [6.45, 7) is 1.59. The van der Waals surface area contributed by atoms with Gasteiger partial charge in [-0.3, -0.25) is 9.59 Å². The second kappa shape index (κ2) is 6.57. The monoisotopic (exact) mass is 284 g/mol. The van der Waals surface area contributed by atoms with Crippen LogP contribution in [-0.2, 0) is 16.0 Å². The van der Waals surface area contributed by atoms with Gasteiger partial charge in [-0.2, -0.15) is 0 Å². The lowest BCUT2D eigenvalue weighted by molar-refractivity contribution is -0.165. The third kappa shape index (κ3) is 3.70. The normalized spacial score (nSPS) is 11.3. The summed E-state index contributed by atoms with van der Waals surface area (Å²) in [7, 11) is 0. The molecule has 0 spiro atoms. The number of aliphatic carboxylic acids is 2. The molecular formula is C14H17ClO4. The lowest BCUT2D eigenvalue weighted by Gasteiger charge is -2.22. The Morgan fingerprint density at radius 1 is 1.16 bits per heavy atom. The maximum absolute atomic E-state index is 11.2. The molecule has 1 aromatic rings. The second-order valence-corrected chi connectivity index (χ2v) is 4.96. The number of hydrogen-bond donors (Lipinski definition) is 2. The largest absolute Gasteiger partial charge is 0.480 e. The number of benzene rings is 1. The number of carboxylic acid groups (broad SMARTS) is 2. The van der Waals surface area contributed by atoms with E-state index in [2.05, 4.69) is 0 Å². The molecule has 0 aliphatic carbocycles. The maximum atomic E-state index is 11.2. The molecule has 0 radical (unpaired) electrons. The first kappa shape index (κ1) is 15.5. The number of carbonyl (C=O) groups is 2. The molecule has 0 atom stereocenters. The van der Waals surface area contributed by atoms with Crippen molar-refractivity contribution < 1.29 is 19.8 Å². The van der Waals surface area contributed by atoms with Crippen molar-refractivity contribution in [3.8, 4) is 0 Å². The van der Waals surface area contributed by atoms with E-state index in [4.69, 9.17) is 21.8 Å². The molecule has 0 aliphatic rings. The molecule has 0 bridgehead atoms. The van der Waals surface area contributed by atoms with E-state index in [1.807, 2.05) is 12.1 Å². The molecule has 0 heterocycles. The van der Waals surface area contributed by atoms with Gasteiger partial charge in [0.2, 0.25) is 0 Å². The zero-order valence-electron chi connectivity index (χ0n) is 10.7. The average Bonchev–Trinajstić information content (AvgIpc) is 2.36. The number of halogens is 1. The molecule has 2 N–H and O–H groups in total. The van der Waals surface area contributed by atoms with Crippen molar-refractivity contribution >= 4 is 23.5 Å². The SMILES string of the molecule is CCC(CCCc1ccc(Cl)cc1)(C(=O)O)C(=O)O. The van der Waals surface area contributed by atoms with E-state index in [0.717, 1.165) is 5.56 Å². The summed E-state index contributed by atoms with van der Waals surface area (Å²) in [5, 5.41) is 18.9. The summed E-state index contributed by atoms with van der Waals surface area (Å²) < 4.78 is 0. The molecule has 0 amide bonds. The van der Waals surface area contributed by atoms with E-state index in [1.165, 1.54) is 0 Å². The number of aryl methyl sites for hydroxylation is 1. The molecule has 0 fully saturated rings. The molecule has 0 saturated carbocycles. The standard InChI is InChI=1S/C14H17ClO4/c1-2-14(12(16)17,13(18)19)9-3-4-10-5-7-11(15)8-6-10/h5-8H,2-4,9H2,1H3,(H,16,17)(H,18,19). The van der Waals surface area contributed by atoms with Gasteiger partial charge in [-0.05, 0) is 43.4 Å². The van der Waals surface area contributed by atoms with Gasteiger partial charge in [-0.15, -0.1) is 0 Å². The molecule has 4 nitrogen and oxygen atoms in total. The fourth-order valence-corrected chi connectivity index (χ4v) is 2.16. The Balaban J connectivity index is 2.65. The van der Waals surface area contributed by atoms with Gasteiger partial charge < -0.3 is 10.2 Å². The summed E-state index contributed by atoms with van der Waals surface area (Å²) in [6, 6.07) is 7.24. The van der Waals surface area contributed by atoms with E-state index in [1.54, 1.807) is 19.1 Å². The predicted molar refractivity (Wildman–Crippen MR) is 72.4 cm³/mol. The summed E-state index contributed by atoms with van der Waals surface area (Å²) in [5.41, 5.74) is -0.655. The lowest BCUT2D eigenvalue weighted by Crippen LogP contribution is -2.38. The summed E-state index contributed by atoms with van der Waals surface area (Å²) in [4.78, 5) is 22.4. The topological polar surface area (TPSA) is 74.6 Å². The molecular weight excluding hydrogens is 268 g/mol. The minimum atomic E-state index is -1.67. The Bertz CT molecular complexity index is 439. The van der Waals surface area contributed by atoms with Crippen LogP contribution in [0.4, 0.5) is 0 Å². The summed E-state index contributed by atoms with van der Waals surface area (Å²) in [6.07, 6.45) is 1.35. The van der Waals surface area contributed by atoms with Crippen molar-refractivity contribution in [2.45, 2.75) is 32.6 Å². The Morgan fingerprint density at radius 2 is 1.68 bits per heavy atom. The van der Waals surface area contributed by atoms with Gasteiger partial charge in [0.25, 0.3) is 0 Å². The molecule has 0 aliphatic heterocycles. The van der Waals surface area contributed by atoms with Crippen molar-refractivity contribution in [3.05, 3.63) is 34.9 Å². The molecule has 0 aromatic heterocycles. The van der Waals surface area contributed by atoms with Gasteiger partial charge in [0.1, 0.15) is 0 Å². The van der Waals surface area contributed by atoms with Gasteiger partial charge in [0.15, 0.2) is 5.41 Å². The Hall–Kier alpha value is -1.55. The van der Waals surface area contributed by atoms with Crippen molar-refractivity contribution in [1.29, 1.82) is 0 Å². The number of rotatable bonds is 7. The van der Waals surface area contributed by atoms with Gasteiger partial charge in [0.05, 0.1) is 0 Å². The number of carboxylic acids is 2. The van der Waals surface area contributed by atoms with Crippen molar-refractivity contribution in [3.63, 3.8) is 0 Å². The third-order valence-corrected chi connectivity index (χ3v) is 3.66. The molecule has 5 heteroatoms. The minimum absolute atomic E-state index is 0.0816. The first-order chi connectivity index (χ1) is 8.92. The summed E-state index contributed by atoms with van der Waals surface area (Å²) >= 11 is 5.77. The fourth-order valence-electron chi connectivity index (χ4n) is 2.03. The first-order valence-electron chi connectivity index (χ1n) is 6.13. The van der Waals surface area contributed by atoms with E-state index >= 15 is 0 Å². The van der Waals surface area contributed by atoms with Gasteiger partial charge >= 0.3 is 11.9 Å². The minimum Gasteiger partial charge on any atom is -0.480 e. The maximum Gasteiger partial charge on any atom is 0.321 e. The highest BCUT2D eigenvalue weighted by Gasteiger charge is 2.44. The highest BCUT2D eigenvalue weighted by atomic mass is 35.5. The van der Waals surface area contributed by atoms with E-state index in [9.17, 15) is 9.59 Å². The van der Waals surface area contributed by atoms with E-state index < -0.39 is 17.4 Å². The molecule has 104 valence electrons. The molecule has 1 aromatic carbocycles.